The van der Waals surface area contributed by atoms with Crippen LogP contribution in [0.5, 0.6) is 0 Å². The average Bonchev–Trinajstić information content (AvgIpc) is 3.16. The number of rotatable bonds is 2. The van der Waals surface area contributed by atoms with Crippen LogP contribution in [0, 0.1) is 5.41 Å². The highest BCUT2D eigenvalue weighted by molar-refractivity contribution is 7.80. The number of piperidine rings is 1. The Morgan fingerprint density at radius 1 is 1.29 bits per heavy atom. The highest BCUT2D eigenvalue weighted by atomic mass is 32.1. The summed E-state index contributed by atoms with van der Waals surface area (Å²) in [6, 6.07) is 1.87. The van der Waals surface area contributed by atoms with Crippen molar-refractivity contribution in [2.75, 3.05) is 18.0 Å². The first-order valence-electron chi connectivity index (χ1n) is 9.53. The Kier molecular flexibility index (Phi) is 4.73. The topological polar surface area (TPSA) is 85.2 Å². The van der Waals surface area contributed by atoms with Crippen LogP contribution in [-0.4, -0.2) is 44.5 Å². The molecule has 0 saturated carbocycles. The van der Waals surface area contributed by atoms with Gasteiger partial charge in [0.05, 0.1) is 24.1 Å². The summed E-state index contributed by atoms with van der Waals surface area (Å²) in [7, 11) is 0. The van der Waals surface area contributed by atoms with E-state index in [1.165, 1.54) is 0 Å². The summed E-state index contributed by atoms with van der Waals surface area (Å²) < 4.78 is 7.52. The molecule has 2 aliphatic heterocycles. The van der Waals surface area contributed by atoms with Gasteiger partial charge in [-0.25, -0.2) is 14.8 Å². The van der Waals surface area contributed by atoms with E-state index < -0.39 is 5.60 Å². The minimum atomic E-state index is -0.530. The second kappa shape index (κ2) is 6.95. The zero-order valence-corrected chi connectivity index (χ0v) is 17.3. The number of fused-ring (bicyclic) bond motifs is 1. The van der Waals surface area contributed by atoms with Crippen LogP contribution in [0.1, 0.15) is 45.3 Å². The number of thiol groups is 1. The number of hydrogen-bond acceptors (Lipinski definition) is 7. The molecule has 1 atom stereocenters. The molecular formula is C19H26N6O2S. The fourth-order valence-electron chi connectivity index (χ4n) is 4.18. The number of ether oxygens (including phenoxy) is 1. The molecule has 1 spiro atoms. The molecule has 0 aromatic carbocycles. The van der Waals surface area contributed by atoms with E-state index >= 15 is 0 Å². The van der Waals surface area contributed by atoms with E-state index in [9.17, 15) is 4.79 Å². The molecular weight excluding hydrogens is 376 g/mol. The predicted molar refractivity (Wildman–Crippen MR) is 108 cm³/mol. The van der Waals surface area contributed by atoms with Crippen molar-refractivity contribution in [3.8, 4) is 0 Å². The van der Waals surface area contributed by atoms with E-state index in [0.29, 0.717) is 5.03 Å². The summed E-state index contributed by atoms with van der Waals surface area (Å²) in [5.41, 5.74) is 0.434. The molecule has 2 aromatic rings. The molecule has 1 saturated heterocycles. The van der Waals surface area contributed by atoms with Crippen molar-refractivity contribution < 1.29 is 9.53 Å². The lowest BCUT2D eigenvalue weighted by Crippen LogP contribution is -2.48. The molecule has 1 amide bonds. The van der Waals surface area contributed by atoms with Crippen molar-refractivity contribution in [2.45, 2.75) is 56.8 Å². The number of carbonyl (C=O) groups is 1. The Bertz CT molecular complexity index is 852. The van der Waals surface area contributed by atoms with E-state index in [2.05, 4.69) is 37.9 Å². The Morgan fingerprint density at radius 3 is 2.68 bits per heavy atom. The number of aromatic nitrogens is 4. The molecule has 4 rings (SSSR count). The van der Waals surface area contributed by atoms with E-state index in [4.69, 9.17) is 4.74 Å². The molecule has 2 aliphatic rings. The normalized spacial score (nSPS) is 20.9. The van der Waals surface area contributed by atoms with Crippen molar-refractivity contribution in [3.63, 3.8) is 0 Å². The summed E-state index contributed by atoms with van der Waals surface area (Å²) in [5, 5.41) is 8.18. The molecule has 0 radical (unpaired) electrons. The second-order valence-corrected chi connectivity index (χ2v) is 9.03. The van der Waals surface area contributed by atoms with Crippen molar-refractivity contribution in [3.05, 3.63) is 30.4 Å². The molecule has 150 valence electrons. The quantitative estimate of drug-likeness (QED) is 0.752. The molecule has 0 unspecified atom stereocenters. The van der Waals surface area contributed by atoms with Gasteiger partial charge in [-0.3, -0.25) is 4.68 Å². The zero-order chi connectivity index (χ0) is 19.9. The van der Waals surface area contributed by atoms with Gasteiger partial charge in [0.1, 0.15) is 16.4 Å². The minimum Gasteiger partial charge on any atom is -0.444 e. The van der Waals surface area contributed by atoms with E-state index in [1.54, 1.807) is 18.6 Å². The minimum absolute atomic E-state index is 0.0755. The number of anilines is 1. The lowest BCUT2D eigenvalue weighted by atomic mass is 9.73. The second-order valence-electron chi connectivity index (χ2n) is 8.58. The van der Waals surface area contributed by atoms with Crippen molar-refractivity contribution in [1.29, 1.82) is 0 Å². The van der Waals surface area contributed by atoms with E-state index in [-0.39, 0.29) is 17.6 Å². The fraction of sp³-hybridized carbons (Fsp3) is 0.579. The first-order valence-corrected chi connectivity index (χ1v) is 9.98. The molecule has 1 fully saturated rings. The van der Waals surface area contributed by atoms with Crippen LogP contribution >= 0.6 is 12.6 Å². The van der Waals surface area contributed by atoms with Gasteiger partial charge in [-0.2, -0.15) is 5.10 Å². The average molecular weight is 403 g/mol. The highest BCUT2D eigenvalue weighted by Gasteiger charge is 2.49. The van der Waals surface area contributed by atoms with Crippen LogP contribution in [0.2, 0.25) is 0 Å². The Hall–Kier alpha value is -2.29. The lowest BCUT2D eigenvalue weighted by molar-refractivity contribution is 0.0423. The van der Waals surface area contributed by atoms with Crippen LogP contribution in [0.15, 0.2) is 29.7 Å². The Balaban J connectivity index is 1.50. The van der Waals surface area contributed by atoms with Crippen LogP contribution in [0.25, 0.3) is 0 Å². The number of nitrogens with zero attached hydrogens (tertiary/aromatic N) is 5. The Morgan fingerprint density at radius 2 is 2.04 bits per heavy atom. The number of hydrogen-bond donors (Lipinski definition) is 2. The maximum absolute atomic E-state index is 12.5. The fourth-order valence-corrected chi connectivity index (χ4v) is 4.30. The molecule has 4 heterocycles. The third-order valence-electron chi connectivity index (χ3n) is 5.49. The third-order valence-corrected chi connectivity index (χ3v) is 5.72. The van der Waals surface area contributed by atoms with Gasteiger partial charge in [-0.05, 0) is 39.7 Å². The van der Waals surface area contributed by atoms with Crippen LogP contribution in [0.4, 0.5) is 10.6 Å². The zero-order valence-electron chi connectivity index (χ0n) is 16.4. The van der Waals surface area contributed by atoms with Gasteiger partial charge in [0.25, 0.3) is 0 Å². The molecule has 0 bridgehead atoms. The van der Waals surface area contributed by atoms with Gasteiger partial charge in [0, 0.05) is 31.2 Å². The van der Waals surface area contributed by atoms with Crippen LogP contribution in [-0.2, 0) is 11.3 Å². The SMILES string of the molecule is CC(C)(C)OC(=O)N[C@@H]1c2ccnn2CC12CCN(c1cnc(S)cn1)CC2. The summed E-state index contributed by atoms with van der Waals surface area (Å²) in [6.45, 7) is 8.10. The molecule has 8 nitrogen and oxygen atoms in total. The van der Waals surface area contributed by atoms with E-state index in [0.717, 1.165) is 44.0 Å². The predicted octanol–water partition coefficient (Wildman–Crippen LogP) is 2.83. The van der Waals surface area contributed by atoms with Crippen LogP contribution in [0.3, 0.4) is 0 Å². The monoisotopic (exact) mass is 402 g/mol. The number of nitrogens with one attached hydrogen (secondary N) is 1. The molecule has 0 aliphatic carbocycles. The van der Waals surface area contributed by atoms with Gasteiger partial charge in [0.15, 0.2) is 0 Å². The Labute approximate surface area is 170 Å². The van der Waals surface area contributed by atoms with Crippen LogP contribution < -0.4 is 10.2 Å². The standard InChI is InChI=1S/C19H26N6O2S/c1-18(2,3)27-17(26)23-16-13-4-7-22-25(13)12-19(16)5-8-24(9-6-19)14-10-21-15(28)11-20-14/h4,7,10-11,16H,5-6,8-9,12H2,1-3H3,(H,21,28)(H,23,26)/t16-/m1/s1. The first-order chi connectivity index (χ1) is 13.3. The summed E-state index contributed by atoms with van der Waals surface area (Å²) >= 11 is 4.20. The van der Waals surface area contributed by atoms with Gasteiger partial charge >= 0.3 is 6.09 Å². The summed E-state index contributed by atoms with van der Waals surface area (Å²) in [4.78, 5) is 23.4. The van der Waals surface area contributed by atoms with E-state index in [1.807, 2.05) is 31.5 Å². The van der Waals surface area contributed by atoms with Crippen molar-refractivity contribution in [2.24, 2.45) is 5.41 Å². The number of carbonyl (C=O) groups excluding carboxylic acids is 1. The summed E-state index contributed by atoms with van der Waals surface area (Å²) in [5.74, 6) is 0.861. The smallest absolute Gasteiger partial charge is 0.408 e. The van der Waals surface area contributed by atoms with Gasteiger partial charge in [0.2, 0.25) is 0 Å². The third kappa shape index (κ3) is 3.67. The van der Waals surface area contributed by atoms with Gasteiger partial charge in [-0.15, -0.1) is 12.6 Å². The molecule has 9 heteroatoms. The number of alkyl carbamates (subject to hydrolysis) is 1. The van der Waals surface area contributed by atoms with Gasteiger partial charge in [-0.1, -0.05) is 0 Å². The molecule has 1 N–H and O–H groups in total. The highest BCUT2D eigenvalue weighted by Crippen LogP contribution is 2.49. The van der Waals surface area contributed by atoms with Gasteiger partial charge < -0.3 is 15.0 Å². The van der Waals surface area contributed by atoms with Crippen molar-refractivity contribution >= 4 is 24.5 Å². The maximum atomic E-state index is 12.5. The summed E-state index contributed by atoms with van der Waals surface area (Å²) in [6.07, 6.45) is 6.67. The van der Waals surface area contributed by atoms with Crippen molar-refractivity contribution in [1.82, 2.24) is 25.1 Å². The lowest BCUT2D eigenvalue weighted by Gasteiger charge is -2.42. The molecule has 28 heavy (non-hydrogen) atoms. The maximum Gasteiger partial charge on any atom is 0.408 e. The molecule has 2 aromatic heterocycles. The first kappa shape index (κ1) is 19.0. The largest absolute Gasteiger partial charge is 0.444 e. The number of amides is 1.